The van der Waals surface area contributed by atoms with Gasteiger partial charge in [0.2, 0.25) is 0 Å². The number of rotatable bonds is 3. The smallest absolute Gasteiger partial charge is 0.358 e. The van der Waals surface area contributed by atoms with Crippen LogP contribution in [0.15, 0.2) is 54.0 Å². The van der Waals surface area contributed by atoms with Crippen molar-refractivity contribution in [3.63, 3.8) is 0 Å². The lowest BCUT2D eigenvalue weighted by Gasteiger charge is -2.05. The molecule has 7 nitrogen and oxygen atoms in total. The van der Waals surface area contributed by atoms with Crippen LogP contribution in [0.1, 0.15) is 0 Å². The van der Waals surface area contributed by atoms with Gasteiger partial charge in [0.15, 0.2) is 11.6 Å². The van der Waals surface area contributed by atoms with E-state index >= 15 is 0 Å². The van der Waals surface area contributed by atoms with Crippen LogP contribution >= 0.6 is 11.3 Å². The zero-order valence-electron chi connectivity index (χ0n) is 11.7. The highest BCUT2D eigenvalue weighted by Crippen LogP contribution is 2.26. The zero-order chi connectivity index (χ0) is 15.8. The van der Waals surface area contributed by atoms with Gasteiger partial charge in [-0.15, -0.1) is 16.0 Å². The maximum Gasteiger partial charge on any atom is 0.390 e. The van der Waals surface area contributed by atoms with E-state index in [0.717, 1.165) is 15.8 Å². The number of nitrogens with zero attached hydrogens (tertiary/aromatic N) is 5. The molecular formula is C15H9N5O2S. The molecule has 0 aliphatic rings. The predicted molar refractivity (Wildman–Crippen MR) is 86.6 cm³/mol. The van der Waals surface area contributed by atoms with Gasteiger partial charge in [-0.3, -0.25) is 0 Å². The van der Waals surface area contributed by atoms with Gasteiger partial charge in [0.05, 0.1) is 27.8 Å². The molecule has 0 spiro atoms. The van der Waals surface area contributed by atoms with E-state index < -0.39 is 4.92 Å². The molecule has 3 aromatic heterocycles. The van der Waals surface area contributed by atoms with Crippen LogP contribution in [0.3, 0.4) is 0 Å². The molecule has 0 bridgehead atoms. The summed E-state index contributed by atoms with van der Waals surface area (Å²) in [5, 5.41) is 17.6. The quantitative estimate of drug-likeness (QED) is 0.426. The van der Waals surface area contributed by atoms with Gasteiger partial charge in [-0.1, -0.05) is 18.2 Å². The average Bonchev–Trinajstić information content (AvgIpc) is 3.25. The van der Waals surface area contributed by atoms with Gasteiger partial charge in [0, 0.05) is 5.39 Å². The monoisotopic (exact) mass is 323 g/mol. The SMILES string of the molecule is O=[N+]([O-])c1ccn(-c2nc(-c3cccs3)nc3ccccc23)n1. The van der Waals surface area contributed by atoms with Crippen molar-refractivity contribution in [1.82, 2.24) is 19.7 Å². The van der Waals surface area contributed by atoms with Gasteiger partial charge < -0.3 is 10.1 Å². The molecule has 23 heavy (non-hydrogen) atoms. The first-order valence-corrected chi connectivity index (χ1v) is 7.61. The second kappa shape index (κ2) is 5.25. The van der Waals surface area contributed by atoms with Crippen LogP contribution in [-0.4, -0.2) is 24.7 Å². The van der Waals surface area contributed by atoms with Crippen LogP contribution in [0.4, 0.5) is 5.82 Å². The maximum atomic E-state index is 10.9. The number of para-hydroxylation sites is 1. The van der Waals surface area contributed by atoms with Crippen molar-refractivity contribution in [1.29, 1.82) is 0 Å². The molecule has 0 saturated heterocycles. The Hall–Kier alpha value is -3.13. The molecule has 0 amide bonds. The van der Waals surface area contributed by atoms with Gasteiger partial charge in [0.25, 0.3) is 0 Å². The minimum absolute atomic E-state index is 0.217. The molecule has 0 radical (unpaired) electrons. The van der Waals surface area contributed by atoms with Crippen molar-refractivity contribution in [2.24, 2.45) is 0 Å². The molecule has 8 heteroatoms. The first-order valence-electron chi connectivity index (χ1n) is 6.73. The fourth-order valence-electron chi connectivity index (χ4n) is 2.28. The van der Waals surface area contributed by atoms with E-state index in [2.05, 4.69) is 15.1 Å². The molecule has 3 heterocycles. The van der Waals surface area contributed by atoms with E-state index in [4.69, 9.17) is 0 Å². The van der Waals surface area contributed by atoms with Gasteiger partial charge >= 0.3 is 5.82 Å². The first-order chi connectivity index (χ1) is 11.2. The van der Waals surface area contributed by atoms with E-state index in [1.165, 1.54) is 28.3 Å². The Morgan fingerprint density at radius 1 is 1.09 bits per heavy atom. The van der Waals surface area contributed by atoms with Gasteiger partial charge in [-0.05, 0) is 28.5 Å². The lowest BCUT2D eigenvalue weighted by Crippen LogP contribution is -2.03. The summed E-state index contributed by atoms with van der Waals surface area (Å²) in [4.78, 5) is 20.4. The molecule has 0 aliphatic heterocycles. The summed E-state index contributed by atoms with van der Waals surface area (Å²) in [5.74, 6) is 0.879. The minimum Gasteiger partial charge on any atom is -0.358 e. The van der Waals surface area contributed by atoms with E-state index in [9.17, 15) is 10.1 Å². The molecule has 0 saturated carbocycles. The molecule has 1 aromatic carbocycles. The average molecular weight is 323 g/mol. The summed E-state index contributed by atoms with van der Waals surface area (Å²) >= 11 is 1.54. The molecule has 0 N–H and O–H groups in total. The van der Waals surface area contributed by atoms with Gasteiger partial charge in [0.1, 0.15) is 0 Å². The van der Waals surface area contributed by atoms with Crippen molar-refractivity contribution in [3.8, 4) is 16.5 Å². The number of nitro groups is 1. The highest BCUT2D eigenvalue weighted by Gasteiger charge is 2.17. The Kier molecular flexibility index (Phi) is 3.09. The second-order valence-electron chi connectivity index (χ2n) is 4.74. The Bertz CT molecular complexity index is 1010. The predicted octanol–water partition coefficient (Wildman–Crippen LogP) is 3.45. The highest BCUT2D eigenvalue weighted by atomic mass is 32.1. The third-order valence-corrected chi connectivity index (χ3v) is 4.17. The Balaban J connectivity index is 1.98. The Morgan fingerprint density at radius 3 is 2.70 bits per heavy atom. The zero-order valence-corrected chi connectivity index (χ0v) is 12.5. The standard InChI is InChI=1S/C15H9N5O2S/c21-20(22)13-7-8-19(18-13)15-10-4-1-2-5-11(10)16-14(17-15)12-6-3-9-23-12/h1-9H. The van der Waals surface area contributed by atoms with E-state index in [1.807, 2.05) is 41.8 Å². The number of thiophene rings is 1. The fourth-order valence-corrected chi connectivity index (χ4v) is 2.94. The first kappa shape index (κ1) is 13.5. The van der Waals surface area contributed by atoms with Crippen LogP contribution < -0.4 is 0 Å². The maximum absolute atomic E-state index is 10.9. The third kappa shape index (κ3) is 2.34. The molecule has 0 aliphatic carbocycles. The lowest BCUT2D eigenvalue weighted by atomic mass is 10.2. The molecule has 4 rings (SSSR count). The van der Waals surface area contributed by atoms with Crippen LogP contribution in [0.5, 0.6) is 0 Å². The van der Waals surface area contributed by atoms with Crippen LogP contribution in [-0.2, 0) is 0 Å². The molecule has 0 unspecified atom stereocenters. The molecule has 112 valence electrons. The molecular weight excluding hydrogens is 314 g/mol. The number of fused-ring (bicyclic) bond motifs is 1. The number of aromatic nitrogens is 4. The summed E-state index contributed by atoms with van der Waals surface area (Å²) in [6.45, 7) is 0. The van der Waals surface area contributed by atoms with E-state index in [1.54, 1.807) is 0 Å². The second-order valence-corrected chi connectivity index (χ2v) is 5.69. The molecule has 4 aromatic rings. The normalized spacial score (nSPS) is 11.0. The van der Waals surface area contributed by atoms with Crippen LogP contribution in [0.25, 0.3) is 27.4 Å². The van der Waals surface area contributed by atoms with E-state index in [0.29, 0.717) is 11.6 Å². The summed E-state index contributed by atoms with van der Waals surface area (Å²) in [6, 6.07) is 12.7. The van der Waals surface area contributed by atoms with Crippen LogP contribution in [0, 0.1) is 10.1 Å². The lowest BCUT2D eigenvalue weighted by molar-refractivity contribution is -0.389. The summed E-state index contributed by atoms with van der Waals surface area (Å²) in [6.07, 6.45) is 1.53. The van der Waals surface area contributed by atoms with Gasteiger partial charge in [-0.25, -0.2) is 9.97 Å². The Morgan fingerprint density at radius 2 is 1.96 bits per heavy atom. The van der Waals surface area contributed by atoms with Crippen molar-refractivity contribution in [2.75, 3.05) is 0 Å². The van der Waals surface area contributed by atoms with Crippen LogP contribution in [0.2, 0.25) is 0 Å². The number of hydrogen-bond acceptors (Lipinski definition) is 6. The number of hydrogen-bond donors (Lipinski definition) is 0. The molecule has 0 atom stereocenters. The largest absolute Gasteiger partial charge is 0.390 e. The van der Waals surface area contributed by atoms with Crippen molar-refractivity contribution >= 4 is 28.1 Å². The summed E-state index contributed by atoms with van der Waals surface area (Å²) in [5.41, 5.74) is 0.763. The Labute approximate surface area is 134 Å². The van der Waals surface area contributed by atoms with Gasteiger partial charge in [-0.2, -0.15) is 0 Å². The van der Waals surface area contributed by atoms with Crippen molar-refractivity contribution in [2.45, 2.75) is 0 Å². The highest BCUT2D eigenvalue weighted by molar-refractivity contribution is 7.13. The topological polar surface area (TPSA) is 86.7 Å². The number of benzene rings is 1. The fraction of sp³-hybridized carbons (Fsp3) is 0. The van der Waals surface area contributed by atoms with E-state index in [-0.39, 0.29) is 5.82 Å². The summed E-state index contributed by atoms with van der Waals surface area (Å²) < 4.78 is 1.42. The third-order valence-electron chi connectivity index (χ3n) is 3.30. The van der Waals surface area contributed by atoms with Crippen molar-refractivity contribution in [3.05, 3.63) is 64.2 Å². The summed E-state index contributed by atoms with van der Waals surface area (Å²) in [7, 11) is 0. The minimum atomic E-state index is -0.528. The molecule has 0 fully saturated rings. The van der Waals surface area contributed by atoms with Crippen molar-refractivity contribution < 1.29 is 4.92 Å².